The maximum atomic E-state index is 11.1. The van der Waals surface area contributed by atoms with Crippen LogP contribution in [-0.2, 0) is 29.5 Å². The lowest BCUT2D eigenvalue weighted by Crippen LogP contribution is -2.64. The highest BCUT2D eigenvalue weighted by atomic mass is 35.5. The third kappa shape index (κ3) is 6.83. The van der Waals surface area contributed by atoms with Crippen LogP contribution in [0.1, 0.15) is 29.7 Å². The third-order valence-corrected chi connectivity index (χ3v) is 6.64. The molecule has 0 amide bonds. The van der Waals surface area contributed by atoms with Gasteiger partial charge in [-0.15, -0.1) is 0 Å². The summed E-state index contributed by atoms with van der Waals surface area (Å²) < 4.78 is 33.9. The van der Waals surface area contributed by atoms with Gasteiger partial charge < -0.3 is 48.8 Å². The number of methoxy groups -OCH3 is 2. The number of hydrogen-bond donors (Lipinski definition) is 4. The first kappa shape index (κ1) is 30.7. The van der Waals surface area contributed by atoms with Gasteiger partial charge >= 0.3 is 0 Å². The number of hydrogen-bond acceptors (Lipinski definition) is 10. The molecule has 1 aliphatic heterocycles. The zero-order chi connectivity index (χ0) is 27.7. The number of aliphatic hydroxyl groups excluding tert-OH is 4. The summed E-state index contributed by atoms with van der Waals surface area (Å²) in [6.45, 7) is 2.58. The maximum Gasteiger partial charge on any atom is 0.225 e. The van der Waals surface area contributed by atoms with E-state index in [9.17, 15) is 20.4 Å². The quantitative estimate of drug-likeness (QED) is 0.255. The average molecular weight is 557 g/mol. The monoisotopic (exact) mass is 556 g/mol. The molecular weight excluding hydrogens is 520 g/mol. The molecule has 38 heavy (non-hydrogen) atoms. The Bertz CT molecular complexity index is 988. The molecule has 3 rings (SSSR count). The first-order chi connectivity index (χ1) is 18.3. The van der Waals surface area contributed by atoms with Gasteiger partial charge in [0.1, 0.15) is 36.3 Å². The maximum absolute atomic E-state index is 11.1. The van der Waals surface area contributed by atoms with Gasteiger partial charge in [-0.1, -0.05) is 29.8 Å². The van der Waals surface area contributed by atoms with Crippen molar-refractivity contribution in [1.29, 1.82) is 0 Å². The van der Waals surface area contributed by atoms with Crippen LogP contribution in [0, 0.1) is 0 Å². The summed E-state index contributed by atoms with van der Waals surface area (Å²) in [5, 5.41) is 42.3. The molecular formula is C27H37ClO10. The summed E-state index contributed by atoms with van der Waals surface area (Å²) in [6.07, 6.45) is -6.77. The van der Waals surface area contributed by atoms with Crippen LogP contribution in [0.25, 0.3) is 0 Å². The highest BCUT2D eigenvalue weighted by Gasteiger charge is 2.55. The first-order valence-electron chi connectivity index (χ1n) is 12.4. The van der Waals surface area contributed by atoms with Crippen LogP contribution in [-0.4, -0.2) is 98.7 Å². The van der Waals surface area contributed by atoms with E-state index >= 15 is 0 Å². The van der Waals surface area contributed by atoms with E-state index in [1.54, 1.807) is 25.3 Å². The minimum absolute atomic E-state index is 0.0147. The predicted octanol–water partition coefficient (Wildman–Crippen LogP) is 1.78. The van der Waals surface area contributed by atoms with Crippen LogP contribution in [0.2, 0.25) is 5.02 Å². The molecule has 4 N–H and O–H groups in total. The van der Waals surface area contributed by atoms with E-state index in [0.717, 1.165) is 5.56 Å². The van der Waals surface area contributed by atoms with Crippen molar-refractivity contribution in [2.75, 3.05) is 53.9 Å². The molecule has 11 heteroatoms. The number of aliphatic hydroxyl groups is 4. The van der Waals surface area contributed by atoms with Crippen molar-refractivity contribution >= 4 is 11.6 Å². The minimum atomic E-state index is -1.94. The average Bonchev–Trinajstić information content (AvgIpc) is 2.93. The van der Waals surface area contributed by atoms with Gasteiger partial charge in [0, 0.05) is 30.4 Å². The summed E-state index contributed by atoms with van der Waals surface area (Å²) in [6, 6.07) is 12.2. The van der Waals surface area contributed by atoms with Crippen molar-refractivity contribution in [1.82, 2.24) is 0 Å². The van der Waals surface area contributed by atoms with Gasteiger partial charge in [0.05, 0.1) is 39.6 Å². The van der Waals surface area contributed by atoms with E-state index in [-0.39, 0.29) is 19.8 Å². The highest BCUT2D eigenvalue weighted by Crippen LogP contribution is 2.42. The topological polar surface area (TPSA) is 136 Å². The first-order valence-corrected chi connectivity index (χ1v) is 12.8. The van der Waals surface area contributed by atoms with E-state index in [4.69, 9.17) is 40.0 Å². The predicted molar refractivity (Wildman–Crippen MR) is 138 cm³/mol. The van der Waals surface area contributed by atoms with Gasteiger partial charge in [0.25, 0.3) is 0 Å². The lowest BCUT2D eigenvalue weighted by molar-refractivity contribution is -0.374. The second-order valence-electron chi connectivity index (χ2n) is 8.76. The molecule has 10 nitrogen and oxygen atoms in total. The molecule has 1 fully saturated rings. The fourth-order valence-corrected chi connectivity index (χ4v) is 4.56. The Balaban J connectivity index is 2.09. The number of ether oxygens (including phenoxy) is 6. The van der Waals surface area contributed by atoms with Crippen molar-refractivity contribution in [2.24, 2.45) is 0 Å². The van der Waals surface area contributed by atoms with Crippen LogP contribution in [0.15, 0.2) is 42.5 Å². The molecule has 1 saturated heterocycles. The largest absolute Gasteiger partial charge is 0.494 e. The van der Waals surface area contributed by atoms with Crippen molar-refractivity contribution in [3.63, 3.8) is 0 Å². The molecule has 2 aromatic carbocycles. The van der Waals surface area contributed by atoms with Gasteiger partial charge in [0.15, 0.2) is 0 Å². The lowest BCUT2D eigenvalue weighted by Gasteiger charge is -2.48. The van der Waals surface area contributed by atoms with Gasteiger partial charge in [-0.05, 0) is 36.8 Å². The molecule has 212 valence electrons. The minimum Gasteiger partial charge on any atom is -0.494 e. The van der Waals surface area contributed by atoms with Gasteiger partial charge in [0.2, 0.25) is 5.79 Å². The SMILES string of the molecule is CCOc1ccc(C(OCCOC)c2cc([C@]3(OCCOC)O[C@H](CO)[C@@H](O)[C@H](O)[C@H]3O)ccc2Cl)cc1. The van der Waals surface area contributed by atoms with E-state index in [1.165, 1.54) is 7.11 Å². The van der Waals surface area contributed by atoms with Gasteiger partial charge in [-0.2, -0.15) is 0 Å². The highest BCUT2D eigenvalue weighted by molar-refractivity contribution is 6.31. The Morgan fingerprint density at radius 1 is 0.947 bits per heavy atom. The van der Waals surface area contributed by atoms with Crippen LogP contribution in [0.3, 0.4) is 0 Å². The van der Waals surface area contributed by atoms with Crippen molar-refractivity contribution in [2.45, 2.75) is 43.2 Å². The Labute approximate surface area is 227 Å². The van der Waals surface area contributed by atoms with E-state index < -0.39 is 42.9 Å². The number of rotatable bonds is 14. The smallest absolute Gasteiger partial charge is 0.225 e. The Morgan fingerprint density at radius 2 is 1.63 bits per heavy atom. The fraction of sp³-hybridized carbons (Fsp3) is 0.556. The van der Waals surface area contributed by atoms with Crippen LogP contribution in [0.4, 0.5) is 0 Å². The molecule has 0 saturated carbocycles. The zero-order valence-corrected chi connectivity index (χ0v) is 22.5. The normalized spacial score (nSPS) is 26.3. The molecule has 0 spiro atoms. The second-order valence-corrected chi connectivity index (χ2v) is 9.16. The molecule has 0 bridgehead atoms. The standard InChI is InChI=1S/C27H37ClO10/c1-4-35-19-8-5-17(6-9-19)25(36-13-11-33-2)20-15-18(7-10-21(20)28)27(37-14-12-34-3)26(32)24(31)23(30)22(16-29)38-27/h5-10,15,22-26,29-32H,4,11-14,16H2,1-3H3/t22-,23-,24+,25?,26-,27+/m1/s1. The van der Waals surface area contributed by atoms with E-state index in [1.807, 2.05) is 31.2 Å². The van der Waals surface area contributed by atoms with Crippen molar-refractivity contribution < 1.29 is 48.8 Å². The molecule has 6 atom stereocenters. The Morgan fingerprint density at radius 3 is 2.26 bits per heavy atom. The second kappa shape index (κ2) is 14.5. The van der Waals surface area contributed by atoms with E-state index in [2.05, 4.69) is 0 Å². The number of halogens is 1. The molecule has 1 aliphatic rings. The molecule has 2 aromatic rings. The third-order valence-electron chi connectivity index (χ3n) is 6.30. The molecule has 1 unspecified atom stereocenters. The lowest BCUT2D eigenvalue weighted by atomic mass is 9.86. The van der Waals surface area contributed by atoms with Crippen LogP contribution >= 0.6 is 11.6 Å². The van der Waals surface area contributed by atoms with Gasteiger partial charge in [-0.3, -0.25) is 0 Å². The summed E-state index contributed by atoms with van der Waals surface area (Å²) in [5.41, 5.74) is 1.62. The van der Waals surface area contributed by atoms with Crippen LogP contribution < -0.4 is 4.74 Å². The molecule has 0 aromatic heterocycles. The summed E-state index contributed by atoms with van der Waals surface area (Å²) >= 11 is 6.66. The molecule has 1 heterocycles. The fourth-order valence-electron chi connectivity index (χ4n) is 4.34. The Hall–Kier alpha value is -1.83. The van der Waals surface area contributed by atoms with Crippen LogP contribution in [0.5, 0.6) is 5.75 Å². The zero-order valence-electron chi connectivity index (χ0n) is 21.8. The van der Waals surface area contributed by atoms with Crippen molar-refractivity contribution in [3.05, 3.63) is 64.2 Å². The molecule has 0 radical (unpaired) electrons. The summed E-state index contributed by atoms with van der Waals surface area (Å²) in [7, 11) is 3.06. The Kier molecular flexibility index (Phi) is 11.7. The number of benzene rings is 2. The summed E-state index contributed by atoms with van der Waals surface area (Å²) in [4.78, 5) is 0. The summed E-state index contributed by atoms with van der Waals surface area (Å²) in [5.74, 6) is -1.24. The van der Waals surface area contributed by atoms with Crippen molar-refractivity contribution in [3.8, 4) is 5.75 Å². The molecule has 0 aliphatic carbocycles. The van der Waals surface area contributed by atoms with Gasteiger partial charge in [-0.25, -0.2) is 0 Å². The van der Waals surface area contributed by atoms with E-state index in [0.29, 0.717) is 35.1 Å².